The van der Waals surface area contributed by atoms with Crippen molar-refractivity contribution < 1.29 is 14.3 Å². The highest BCUT2D eigenvalue weighted by Crippen LogP contribution is 2.41. The van der Waals surface area contributed by atoms with Crippen LogP contribution in [0.3, 0.4) is 0 Å². The first-order chi connectivity index (χ1) is 12.8. The van der Waals surface area contributed by atoms with Crippen LogP contribution in [-0.4, -0.2) is 48.2 Å². The van der Waals surface area contributed by atoms with E-state index in [1.807, 2.05) is 18.3 Å². The molecule has 2 fully saturated rings. The lowest BCUT2D eigenvalue weighted by molar-refractivity contribution is -0.168. The highest BCUT2D eigenvalue weighted by atomic mass is 16.5. The molecule has 1 aromatic heterocycles. The SMILES string of the molecule is O=C(C1CC=CC1)N1CC[C@@H]2OCCC[C@]2(COCc2cccnc2)C1. The van der Waals surface area contributed by atoms with Crippen LogP contribution in [0, 0.1) is 11.3 Å². The molecule has 0 aromatic carbocycles. The van der Waals surface area contributed by atoms with E-state index in [1.165, 1.54) is 0 Å². The van der Waals surface area contributed by atoms with Crippen LogP contribution in [0.4, 0.5) is 0 Å². The Hall–Kier alpha value is -1.72. The number of likely N-dealkylation sites (tertiary alicyclic amines) is 1. The van der Waals surface area contributed by atoms with Crippen molar-refractivity contribution in [1.82, 2.24) is 9.88 Å². The van der Waals surface area contributed by atoms with Gasteiger partial charge in [0.1, 0.15) is 0 Å². The van der Waals surface area contributed by atoms with Crippen molar-refractivity contribution in [1.29, 1.82) is 0 Å². The van der Waals surface area contributed by atoms with Gasteiger partial charge in [0.05, 0.1) is 19.3 Å². The fourth-order valence-electron chi connectivity index (χ4n) is 4.62. The number of piperidine rings is 1. The summed E-state index contributed by atoms with van der Waals surface area (Å²) in [5.41, 5.74) is 1.01. The van der Waals surface area contributed by atoms with E-state index in [-0.39, 0.29) is 17.4 Å². The Morgan fingerprint density at radius 2 is 2.27 bits per heavy atom. The molecule has 0 spiro atoms. The molecule has 26 heavy (non-hydrogen) atoms. The summed E-state index contributed by atoms with van der Waals surface area (Å²) in [6, 6.07) is 3.96. The molecule has 4 rings (SSSR count). The average molecular weight is 356 g/mol. The van der Waals surface area contributed by atoms with Gasteiger partial charge >= 0.3 is 0 Å². The molecule has 0 bridgehead atoms. The van der Waals surface area contributed by atoms with E-state index in [2.05, 4.69) is 22.0 Å². The topological polar surface area (TPSA) is 51.7 Å². The molecule has 5 heteroatoms. The van der Waals surface area contributed by atoms with Crippen molar-refractivity contribution in [2.45, 2.75) is 44.8 Å². The smallest absolute Gasteiger partial charge is 0.226 e. The van der Waals surface area contributed by atoms with Gasteiger partial charge in [-0.2, -0.15) is 0 Å². The molecule has 1 amide bonds. The molecule has 1 aliphatic carbocycles. The second-order valence-corrected chi connectivity index (χ2v) is 7.87. The normalized spacial score (nSPS) is 28.9. The Balaban J connectivity index is 1.41. The van der Waals surface area contributed by atoms with E-state index in [9.17, 15) is 4.79 Å². The molecule has 0 N–H and O–H groups in total. The standard InChI is InChI=1S/C21H28N2O3/c24-20(18-6-1-2-7-18)23-11-8-19-21(15-23,9-4-12-26-19)16-25-14-17-5-3-10-22-13-17/h1-3,5,10,13,18-19H,4,6-9,11-12,14-16H2/t19-,21+/m0/s1. The summed E-state index contributed by atoms with van der Waals surface area (Å²) in [5.74, 6) is 0.454. The van der Waals surface area contributed by atoms with Crippen molar-refractivity contribution in [2.24, 2.45) is 11.3 Å². The van der Waals surface area contributed by atoms with Gasteiger partial charge in [-0.05, 0) is 43.7 Å². The van der Waals surface area contributed by atoms with Crippen molar-refractivity contribution in [2.75, 3.05) is 26.3 Å². The van der Waals surface area contributed by atoms with Crippen LogP contribution in [0.15, 0.2) is 36.7 Å². The van der Waals surface area contributed by atoms with Gasteiger partial charge in [-0.15, -0.1) is 0 Å². The van der Waals surface area contributed by atoms with Crippen molar-refractivity contribution >= 4 is 5.91 Å². The first-order valence-corrected chi connectivity index (χ1v) is 9.79. The van der Waals surface area contributed by atoms with Gasteiger partial charge in [0.25, 0.3) is 0 Å². The van der Waals surface area contributed by atoms with Crippen LogP contribution in [0.5, 0.6) is 0 Å². The molecule has 0 unspecified atom stereocenters. The molecule has 3 aliphatic rings. The number of hydrogen-bond acceptors (Lipinski definition) is 4. The van der Waals surface area contributed by atoms with Crippen LogP contribution >= 0.6 is 0 Å². The van der Waals surface area contributed by atoms with E-state index in [4.69, 9.17) is 9.47 Å². The number of allylic oxidation sites excluding steroid dienone is 2. The number of carbonyl (C=O) groups excluding carboxylic acids is 1. The van der Waals surface area contributed by atoms with E-state index < -0.39 is 0 Å². The summed E-state index contributed by atoms with van der Waals surface area (Å²) in [4.78, 5) is 19.1. The third-order valence-electron chi connectivity index (χ3n) is 6.04. The van der Waals surface area contributed by atoms with Gasteiger partial charge in [-0.1, -0.05) is 18.2 Å². The van der Waals surface area contributed by atoms with E-state index in [1.54, 1.807) is 6.20 Å². The number of hydrogen-bond donors (Lipinski definition) is 0. The largest absolute Gasteiger partial charge is 0.377 e. The number of amides is 1. The van der Waals surface area contributed by atoms with Crippen LogP contribution in [0.25, 0.3) is 0 Å². The van der Waals surface area contributed by atoms with Gasteiger partial charge < -0.3 is 14.4 Å². The molecule has 0 radical (unpaired) electrons. The third kappa shape index (κ3) is 3.69. The second kappa shape index (κ2) is 7.89. The fraction of sp³-hybridized carbons (Fsp3) is 0.619. The van der Waals surface area contributed by atoms with Gasteiger partial charge in [-0.25, -0.2) is 0 Å². The van der Waals surface area contributed by atoms with Crippen molar-refractivity contribution in [3.8, 4) is 0 Å². The number of fused-ring (bicyclic) bond motifs is 1. The lowest BCUT2D eigenvalue weighted by Crippen LogP contribution is -2.58. The van der Waals surface area contributed by atoms with Crippen LogP contribution in [-0.2, 0) is 20.9 Å². The monoisotopic (exact) mass is 356 g/mol. The predicted octanol–water partition coefficient (Wildman–Crippen LogP) is 2.96. The zero-order valence-corrected chi connectivity index (χ0v) is 15.3. The minimum atomic E-state index is -0.0690. The quantitative estimate of drug-likeness (QED) is 0.761. The van der Waals surface area contributed by atoms with Crippen LogP contribution in [0.1, 0.15) is 37.7 Å². The van der Waals surface area contributed by atoms with Gasteiger partial charge in [0.15, 0.2) is 0 Å². The Morgan fingerprint density at radius 1 is 1.38 bits per heavy atom. The first kappa shape index (κ1) is 17.7. The molecule has 2 saturated heterocycles. The van der Waals surface area contributed by atoms with E-state index >= 15 is 0 Å². The number of aromatic nitrogens is 1. The Labute approximate surface area is 155 Å². The van der Waals surface area contributed by atoms with Crippen LogP contribution < -0.4 is 0 Å². The summed E-state index contributed by atoms with van der Waals surface area (Å²) in [7, 11) is 0. The molecule has 2 aliphatic heterocycles. The maximum atomic E-state index is 12.9. The van der Waals surface area contributed by atoms with E-state index in [0.717, 1.165) is 57.4 Å². The Morgan fingerprint density at radius 3 is 3.08 bits per heavy atom. The van der Waals surface area contributed by atoms with Crippen LogP contribution in [0.2, 0.25) is 0 Å². The van der Waals surface area contributed by atoms with Gasteiger partial charge in [0, 0.05) is 43.4 Å². The predicted molar refractivity (Wildman–Crippen MR) is 98.4 cm³/mol. The minimum absolute atomic E-state index is 0.0690. The number of nitrogens with zero attached hydrogens (tertiary/aromatic N) is 2. The molecular weight excluding hydrogens is 328 g/mol. The Bertz CT molecular complexity index is 640. The zero-order chi connectivity index (χ0) is 17.8. The molecular formula is C21H28N2O3. The summed E-state index contributed by atoms with van der Waals surface area (Å²) >= 11 is 0. The Kier molecular flexibility index (Phi) is 5.36. The summed E-state index contributed by atoms with van der Waals surface area (Å²) in [6.45, 7) is 3.60. The average Bonchev–Trinajstić information content (AvgIpc) is 3.22. The highest BCUT2D eigenvalue weighted by molar-refractivity contribution is 5.79. The molecule has 140 valence electrons. The zero-order valence-electron chi connectivity index (χ0n) is 15.3. The fourth-order valence-corrected chi connectivity index (χ4v) is 4.62. The van der Waals surface area contributed by atoms with Gasteiger partial charge in [-0.3, -0.25) is 9.78 Å². The molecule has 0 saturated carbocycles. The number of pyridine rings is 1. The van der Waals surface area contributed by atoms with Gasteiger partial charge in [0.2, 0.25) is 5.91 Å². The van der Waals surface area contributed by atoms with E-state index in [0.29, 0.717) is 19.1 Å². The highest BCUT2D eigenvalue weighted by Gasteiger charge is 2.47. The summed E-state index contributed by atoms with van der Waals surface area (Å²) < 4.78 is 12.2. The molecule has 2 atom stereocenters. The maximum absolute atomic E-state index is 12.9. The number of ether oxygens (including phenoxy) is 2. The molecule has 3 heterocycles. The third-order valence-corrected chi connectivity index (χ3v) is 6.04. The first-order valence-electron chi connectivity index (χ1n) is 9.79. The number of carbonyl (C=O) groups is 1. The minimum Gasteiger partial charge on any atom is -0.377 e. The lowest BCUT2D eigenvalue weighted by atomic mass is 9.72. The summed E-state index contributed by atoms with van der Waals surface area (Å²) in [6.07, 6.45) is 12.9. The maximum Gasteiger partial charge on any atom is 0.226 e. The van der Waals surface area contributed by atoms with Crippen molar-refractivity contribution in [3.63, 3.8) is 0 Å². The van der Waals surface area contributed by atoms with Crippen molar-refractivity contribution in [3.05, 3.63) is 42.2 Å². The number of rotatable bonds is 5. The molecule has 5 nitrogen and oxygen atoms in total. The second-order valence-electron chi connectivity index (χ2n) is 7.87. The lowest BCUT2D eigenvalue weighted by Gasteiger charge is -2.50. The molecule has 1 aromatic rings. The summed E-state index contributed by atoms with van der Waals surface area (Å²) in [5, 5.41) is 0.